The van der Waals surface area contributed by atoms with E-state index in [1.54, 1.807) is 11.3 Å². The Hall–Kier alpha value is -0.380. The van der Waals surface area contributed by atoms with E-state index in [0.717, 1.165) is 26.1 Å². The number of hydrogen-bond acceptors (Lipinski definition) is 3. The van der Waals surface area contributed by atoms with Gasteiger partial charge in [0.15, 0.2) is 0 Å². The lowest BCUT2D eigenvalue weighted by atomic mass is 9.84. The van der Waals surface area contributed by atoms with Gasteiger partial charge in [-0.1, -0.05) is 0 Å². The van der Waals surface area contributed by atoms with Crippen molar-refractivity contribution in [2.75, 3.05) is 13.2 Å². The first kappa shape index (κ1) is 9.19. The number of hydrogen-bond donors (Lipinski definition) is 1. The van der Waals surface area contributed by atoms with Gasteiger partial charge in [0.25, 0.3) is 0 Å². The average Bonchev–Trinajstić information content (AvgIpc) is 2.53. The van der Waals surface area contributed by atoms with Crippen molar-refractivity contribution in [2.45, 2.75) is 25.3 Å². The molecule has 13 heavy (non-hydrogen) atoms. The normalized spacial score (nSPS) is 21.7. The third-order valence-corrected chi connectivity index (χ3v) is 3.63. The second-order valence-electron chi connectivity index (χ2n) is 3.66. The highest BCUT2D eigenvalue weighted by atomic mass is 32.1. The van der Waals surface area contributed by atoms with Gasteiger partial charge in [-0.05, 0) is 36.8 Å². The van der Waals surface area contributed by atoms with Gasteiger partial charge >= 0.3 is 0 Å². The lowest BCUT2D eigenvalue weighted by Crippen LogP contribution is -2.42. The first-order valence-corrected chi connectivity index (χ1v) is 5.51. The summed E-state index contributed by atoms with van der Waals surface area (Å²) in [7, 11) is 0. The first-order valence-electron chi connectivity index (χ1n) is 4.63. The van der Waals surface area contributed by atoms with E-state index in [-0.39, 0.29) is 5.54 Å². The van der Waals surface area contributed by atoms with E-state index >= 15 is 0 Å². The van der Waals surface area contributed by atoms with Crippen LogP contribution < -0.4 is 5.73 Å². The number of rotatable bonds is 1. The van der Waals surface area contributed by atoms with Crippen LogP contribution in [0.15, 0.2) is 11.4 Å². The molecule has 2 heterocycles. The van der Waals surface area contributed by atoms with Crippen LogP contribution in [0.25, 0.3) is 0 Å². The molecule has 0 radical (unpaired) electrons. The molecule has 0 aromatic carbocycles. The molecule has 0 aliphatic carbocycles. The van der Waals surface area contributed by atoms with Gasteiger partial charge in [-0.2, -0.15) is 0 Å². The van der Waals surface area contributed by atoms with Gasteiger partial charge in [-0.3, -0.25) is 0 Å². The molecule has 0 saturated carbocycles. The number of aryl methyl sites for hydroxylation is 1. The number of nitrogens with two attached hydrogens (primary N) is 1. The standard InChI is InChI=1S/C10H15NOS/c1-8-9(2-7-13-8)10(11)3-5-12-6-4-10/h2,7H,3-6,11H2,1H3. The summed E-state index contributed by atoms with van der Waals surface area (Å²) < 4.78 is 5.33. The van der Waals surface area contributed by atoms with Crippen molar-refractivity contribution in [3.8, 4) is 0 Å². The molecule has 2 N–H and O–H groups in total. The summed E-state index contributed by atoms with van der Waals surface area (Å²) in [4.78, 5) is 1.35. The molecule has 3 heteroatoms. The summed E-state index contributed by atoms with van der Waals surface area (Å²) >= 11 is 1.78. The van der Waals surface area contributed by atoms with Gasteiger partial charge in [0.1, 0.15) is 0 Å². The third kappa shape index (κ3) is 1.64. The smallest absolute Gasteiger partial charge is 0.0486 e. The van der Waals surface area contributed by atoms with Gasteiger partial charge < -0.3 is 10.5 Å². The molecule has 0 spiro atoms. The maximum Gasteiger partial charge on any atom is 0.0486 e. The first-order chi connectivity index (χ1) is 6.22. The Labute approximate surface area is 82.7 Å². The van der Waals surface area contributed by atoms with Crippen molar-refractivity contribution in [1.29, 1.82) is 0 Å². The summed E-state index contributed by atoms with van der Waals surface area (Å²) in [6.07, 6.45) is 1.90. The fourth-order valence-electron chi connectivity index (χ4n) is 1.91. The fraction of sp³-hybridized carbons (Fsp3) is 0.600. The van der Waals surface area contributed by atoms with Gasteiger partial charge in [0, 0.05) is 23.6 Å². The zero-order valence-electron chi connectivity index (χ0n) is 7.88. The fourth-order valence-corrected chi connectivity index (χ4v) is 2.71. The van der Waals surface area contributed by atoms with Gasteiger partial charge in [0.05, 0.1) is 0 Å². The highest BCUT2D eigenvalue weighted by Gasteiger charge is 2.31. The summed E-state index contributed by atoms with van der Waals surface area (Å²) in [6.45, 7) is 3.74. The van der Waals surface area contributed by atoms with Crippen molar-refractivity contribution in [1.82, 2.24) is 0 Å². The van der Waals surface area contributed by atoms with Crippen LogP contribution in [0.2, 0.25) is 0 Å². The van der Waals surface area contributed by atoms with Crippen LogP contribution in [0.5, 0.6) is 0 Å². The van der Waals surface area contributed by atoms with Crippen molar-refractivity contribution >= 4 is 11.3 Å². The molecule has 1 fully saturated rings. The maximum atomic E-state index is 6.35. The van der Waals surface area contributed by atoms with Gasteiger partial charge in [-0.25, -0.2) is 0 Å². The molecule has 2 rings (SSSR count). The zero-order chi connectivity index (χ0) is 9.31. The van der Waals surface area contributed by atoms with Crippen LogP contribution >= 0.6 is 11.3 Å². The van der Waals surface area contributed by atoms with Crippen molar-refractivity contribution < 1.29 is 4.74 Å². The van der Waals surface area contributed by atoms with Crippen LogP contribution in [-0.4, -0.2) is 13.2 Å². The SMILES string of the molecule is Cc1sccc1C1(N)CCOCC1. The molecule has 1 aliphatic heterocycles. The van der Waals surface area contributed by atoms with E-state index in [9.17, 15) is 0 Å². The van der Waals surface area contributed by atoms with E-state index < -0.39 is 0 Å². The molecule has 1 aliphatic rings. The quantitative estimate of drug-likeness (QED) is 0.747. The minimum absolute atomic E-state index is 0.123. The second kappa shape index (κ2) is 3.40. The topological polar surface area (TPSA) is 35.2 Å². The number of ether oxygens (including phenoxy) is 1. The molecule has 1 aromatic heterocycles. The summed E-state index contributed by atoms with van der Waals surface area (Å²) in [5.41, 5.74) is 7.55. The molecule has 0 unspecified atom stereocenters. The Morgan fingerprint density at radius 1 is 1.46 bits per heavy atom. The molecule has 0 bridgehead atoms. The third-order valence-electron chi connectivity index (χ3n) is 2.78. The number of thiophene rings is 1. The van der Waals surface area contributed by atoms with Gasteiger partial charge in [0.2, 0.25) is 0 Å². The largest absolute Gasteiger partial charge is 0.381 e. The second-order valence-corrected chi connectivity index (χ2v) is 4.78. The molecule has 0 atom stereocenters. The monoisotopic (exact) mass is 197 g/mol. The van der Waals surface area contributed by atoms with Crippen LogP contribution in [0.4, 0.5) is 0 Å². The Kier molecular flexibility index (Phi) is 2.41. The zero-order valence-corrected chi connectivity index (χ0v) is 8.69. The molecular formula is C10H15NOS. The van der Waals surface area contributed by atoms with Crippen LogP contribution in [0, 0.1) is 6.92 Å². The molecular weight excluding hydrogens is 182 g/mol. The van der Waals surface area contributed by atoms with Crippen LogP contribution in [0.3, 0.4) is 0 Å². The highest BCUT2D eigenvalue weighted by Crippen LogP contribution is 2.33. The minimum atomic E-state index is -0.123. The molecule has 2 nitrogen and oxygen atoms in total. The predicted octanol–water partition coefficient (Wildman–Crippen LogP) is 2.02. The van der Waals surface area contributed by atoms with E-state index in [4.69, 9.17) is 10.5 Å². The average molecular weight is 197 g/mol. The Bertz CT molecular complexity index is 289. The van der Waals surface area contributed by atoms with E-state index in [2.05, 4.69) is 18.4 Å². The molecule has 1 aromatic rings. The van der Waals surface area contributed by atoms with Crippen molar-refractivity contribution in [3.63, 3.8) is 0 Å². The highest BCUT2D eigenvalue weighted by molar-refractivity contribution is 7.10. The van der Waals surface area contributed by atoms with Gasteiger partial charge in [-0.15, -0.1) is 11.3 Å². The summed E-state index contributed by atoms with van der Waals surface area (Å²) in [6, 6.07) is 2.16. The molecule has 72 valence electrons. The summed E-state index contributed by atoms with van der Waals surface area (Å²) in [5.74, 6) is 0. The predicted molar refractivity (Wildman–Crippen MR) is 55.0 cm³/mol. The lowest BCUT2D eigenvalue weighted by Gasteiger charge is -2.33. The van der Waals surface area contributed by atoms with E-state index in [1.165, 1.54) is 10.4 Å². The molecule has 1 saturated heterocycles. The van der Waals surface area contributed by atoms with Crippen molar-refractivity contribution in [3.05, 3.63) is 21.9 Å². The molecule has 0 amide bonds. The minimum Gasteiger partial charge on any atom is -0.381 e. The van der Waals surface area contributed by atoms with Crippen LogP contribution in [-0.2, 0) is 10.3 Å². The lowest BCUT2D eigenvalue weighted by molar-refractivity contribution is 0.0522. The van der Waals surface area contributed by atoms with Crippen LogP contribution in [0.1, 0.15) is 23.3 Å². The Morgan fingerprint density at radius 3 is 2.69 bits per heavy atom. The van der Waals surface area contributed by atoms with E-state index in [0.29, 0.717) is 0 Å². The Morgan fingerprint density at radius 2 is 2.15 bits per heavy atom. The van der Waals surface area contributed by atoms with E-state index in [1.807, 2.05) is 0 Å². The Balaban J connectivity index is 2.27. The van der Waals surface area contributed by atoms with Crippen molar-refractivity contribution in [2.24, 2.45) is 5.73 Å². The maximum absolute atomic E-state index is 6.35. The summed E-state index contributed by atoms with van der Waals surface area (Å²) in [5, 5.41) is 2.12.